The van der Waals surface area contributed by atoms with Crippen molar-refractivity contribution in [3.63, 3.8) is 0 Å². The van der Waals surface area contributed by atoms with Crippen molar-refractivity contribution in [3.8, 4) is 0 Å². The lowest BCUT2D eigenvalue weighted by Crippen LogP contribution is -2.27. The molecule has 0 aromatic heterocycles. The Morgan fingerprint density at radius 2 is 2.10 bits per heavy atom. The molecule has 2 rings (SSSR count). The fourth-order valence-electron chi connectivity index (χ4n) is 2.05. The van der Waals surface area contributed by atoms with E-state index in [1.54, 1.807) is 0 Å². The first-order valence-corrected chi connectivity index (χ1v) is 8.43. The van der Waals surface area contributed by atoms with Crippen molar-refractivity contribution in [3.05, 3.63) is 28.2 Å². The second kappa shape index (κ2) is 5.13. The van der Waals surface area contributed by atoms with Gasteiger partial charge in [0.15, 0.2) is 0 Å². The third-order valence-corrected chi connectivity index (χ3v) is 6.12. The molecule has 1 saturated carbocycles. The molecule has 5 nitrogen and oxygen atoms in total. The average molecular weight is 362 g/mol. The van der Waals surface area contributed by atoms with Crippen LogP contribution in [0.4, 0.5) is 0 Å². The highest BCUT2D eigenvalue weighted by atomic mass is 79.9. The average Bonchev–Trinajstić information content (AvgIpc) is 2.95. The SMILES string of the molecule is CC1(C)CC1CNS(=O)(=O)c1cc(C(=O)O)ccc1Br. The zero-order valence-corrected chi connectivity index (χ0v) is 13.6. The molecule has 1 aromatic carbocycles. The molecule has 0 bridgehead atoms. The summed E-state index contributed by atoms with van der Waals surface area (Å²) in [5.41, 5.74) is 0.128. The number of aromatic carboxylic acids is 1. The highest BCUT2D eigenvalue weighted by Gasteiger charge is 2.45. The molecule has 1 unspecified atom stereocenters. The molecule has 7 heteroatoms. The maximum Gasteiger partial charge on any atom is 0.335 e. The monoisotopic (exact) mass is 361 g/mol. The third-order valence-electron chi connectivity index (χ3n) is 3.70. The number of nitrogens with one attached hydrogen (secondary N) is 1. The molecular weight excluding hydrogens is 346 g/mol. The first-order chi connectivity index (χ1) is 9.13. The Kier molecular flexibility index (Phi) is 3.96. The van der Waals surface area contributed by atoms with Gasteiger partial charge in [-0.3, -0.25) is 0 Å². The summed E-state index contributed by atoms with van der Waals surface area (Å²) in [4.78, 5) is 10.9. The Bertz CT molecular complexity index is 654. The molecule has 0 heterocycles. The second-order valence-corrected chi connectivity index (χ2v) is 8.28. The van der Waals surface area contributed by atoms with Gasteiger partial charge in [0.1, 0.15) is 0 Å². The van der Waals surface area contributed by atoms with Gasteiger partial charge in [-0.1, -0.05) is 13.8 Å². The van der Waals surface area contributed by atoms with Crippen LogP contribution in [0.3, 0.4) is 0 Å². The van der Waals surface area contributed by atoms with E-state index < -0.39 is 16.0 Å². The van der Waals surface area contributed by atoms with E-state index in [2.05, 4.69) is 34.5 Å². The normalized spacial score (nSPS) is 20.6. The minimum absolute atomic E-state index is 0.0455. The standard InChI is InChI=1S/C13H16BrNO4S/c1-13(2)6-9(13)7-15-20(18,19)11-5-8(12(16)17)3-4-10(11)14/h3-5,9,15H,6-7H2,1-2H3,(H,16,17). The van der Waals surface area contributed by atoms with Gasteiger partial charge in [-0.15, -0.1) is 0 Å². The number of carboxylic acid groups (broad SMARTS) is 1. The van der Waals surface area contributed by atoms with Crippen molar-refractivity contribution in [2.45, 2.75) is 25.2 Å². The highest BCUT2D eigenvalue weighted by molar-refractivity contribution is 9.10. The summed E-state index contributed by atoms with van der Waals surface area (Å²) in [6.07, 6.45) is 0.992. The fourth-order valence-corrected chi connectivity index (χ4v) is 4.12. The number of carbonyl (C=O) groups is 1. The minimum atomic E-state index is -3.71. The molecule has 1 aliphatic rings. The Hall–Kier alpha value is -0.920. The lowest BCUT2D eigenvalue weighted by Gasteiger charge is -2.10. The summed E-state index contributed by atoms with van der Waals surface area (Å²) in [5, 5.41) is 8.93. The Morgan fingerprint density at radius 1 is 1.50 bits per heavy atom. The number of hydrogen-bond acceptors (Lipinski definition) is 3. The van der Waals surface area contributed by atoms with E-state index in [4.69, 9.17) is 5.11 Å². The van der Waals surface area contributed by atoms with E-state index in [0.717, 1.165) is 12.5 Å². The zero-order valence-electron chi connectivity index (χ0n) is 11.2. The third kappa shape index (κ3) is 3.21. The van der Waals surface area contributed by atoms with Crippen LogP contribution in [0.15, 0.2) is 27.6 Å². The van der Waals surface area contributed by atoms with Gasteiger partial charge >= 0.3 is 5.97 Å². The molecule has 1 fully saturated rings. The van der Waals surface area contributed by atoms with E-state index >= 15 is 0 Å². The van der Waals surface area contributed by atoms with Gasteiger partial charge in [-0.25, -0.2) is 17.9 Å². The maximum atomic E-state index is 12.2. The van der Waals surface area contributed by atoms with Crippen molar-refractivity contribution in [2.75, 3.05) is 6.54 Å². The zero-order chi connectivity index (χ0) is 15.1. The molecule has 0 radical (unpaired) electrons. The Balaban J connectivity index is 2.20. The molecule has 0 aliphatic heterocycles. The molecule has 0 saturated heterocycles. The number of carboxylic acids is 1. The predicted molar refractivity (Wildman–Crippen MR) is 78.2 cm³/mol. The summed E-state index contributed by atoms with van der Waals surface area (Å²) in [6, 6.07) is 3.95. The van der Waals surface area contributed by atoms with Crippen molar-refractivity contribution in [1.29, 1.82) is 0 Å². The van der Waals surface area contributed by atoms with Crippen molar-refractivity contribution < 1.29 is 18.3 Å². The quantitative estimate of drug-likeness (QED) is 0.843. The molecule has 1 atom stereocenters. The van der Waals surface area contributed by atoms with Crippen LogP contribution in [0, 0.1) is 11.3 Å². The van der Waals surface area contributed by atoms with Crippen molar-refractivity contribution >= 4 is 31.9 Å². The van der Waals surface area contributed by atoms with E-state index in [1.165, 1.54) is 12.1 Å². The molecule has 2 N–H and O–H groups in total. The van der Waals surface area contributed by atoms with Crippen LogP contribution in [0.1, 0.15) is 30.6 Å². The number of halogens is 1. The molecular formula is C13H16BrNO4S. The van der Waals surface area contributed by atoms with Crippen LogP contribution in [-0.2, 0) is 10.0 Å². The number of rotatable bonds is 5. The van der Waals surface area contributed by atoms with Gasteiger partial charge in [-0.2, -0.15) is 0 Å². The molecule has 20 heavy (non-hydrogen) atoms. The number of benzene rings is 1. The first-order valence-electron chi connectivity index (χ1n) is 6.16. The van der Waals surface area contributed by atoms with Gasteiger partial charge in [0.25, 0.3) is 0 Å². The van der Waals surface area contributed by atoms with Gasteiger partial charge in [-0.05, 0) is 51.9 Å². The topological polar surface area (TPSA) is 83.5 Å². The summed E-state index contributed by atoms with van der Waals surface area (Å²) < 4.78 is 27.4. The smallest absolute Gasteiger partial charge is 0.335 e. The summed E-state index contributed by atoms with van der Waals surface area (Å²) in [7, 11) is -3.71. The van der Waals surface area contributed by atoms with Crippen LogP contribution < -0.4 is 4.72 Å². The lowest BCUT2D eigenvalue weighted by molar-refractivity contribution is 0.0696. The number of hydrogen-bond donors (Lipinski definition) is 2. The van der Waals surface area contributed by atoms with E-state index in [-0.39, 0.29) is 15.9 Å². The van der Waals surface area contributed by atoms with Crippen molar-refractivity contribution in [1.82, 2.24) is 4.72 Å². The van der Waals surface area contributed by atoms with Crippen LogP contribution in [0.5, 0.6) is 0 Å². The fraction of sp³-hybridized carbons (Fsp3) is 0.462. The second-order valence-electron chi connectivity index (χ2n) is 5.69. The van der Waals surface area contributed by atoms with E-state index in [1.807, 2.05) is 0 Å². The van der Waals surface area contributed by atoms with E-state index in [9.17, 15) is 13.2 Å². The molecule has 1 aromatic rings. The van der Waals surface area contributed by atoms with Crippen LogP contribution in [0.25, 0.3) is 0 Å². The highest BCUT2D eigenvalue weighted by Crippen LogP contribution is 2.51. The summed E-state index contributed by atoms with van der Waals surface area (Å²) >= 11 is 3.15. The summed E-state index contributed by atoms with van der Waals surface area (Å²) in [5.74, 6) is -0.823. The van der Waals surface area contributed by atoms with Crippen LogP contribution >= 0.6 is 15.9 Å². The van der Waals surface area contributed by atoms with Crippen molar-refractivity contribution in [2.24, 2.45) is 11.3 Å². The Morgan fingerprint density at radius 3 is 2.60 bits per heavy atom. The molecule has 0 spiro atoms. The minimum Gasteiger partial charge on any atom is -0.478 e. The first kappa shape index (κ1) is 15.5. The van der Waals surface area contributed by atoms with Crippen LogP contribution in [0.2, 0.25) is 0 Å². The molecule has 110 valence electrons. The lowest BCUT2D eigenvalue weighted by atomic mass is 10.1. The maximum absolute atomic E-state index is 12.2. The number of sulfonamides is 1. The van der Waals surface area contributed by atoms with Gasteiger partial charge in [0.05, 0.1) is 10.5 Å². The van der Waals surface area contributed by atoms with Gasteiger partial charge in [0, 0.05) is 11.0 Å². The van der Waals surface area contributed by atoms with E-state index in [0.29, 0.717) is 16.9 Å². The van der Waals surface area contributed by atoms with Crippen LogP contribution in [-0.4, -0.2) is 26.0 Å². The molecule has 1 aliphatic carbocycles. The predicted octanol–water partition coefficient (Wildman–Crippen LogP) is 2.47. The Labute approximate surface area is 126 Å². The van der Waals surface area contributed by atoms with Gasteiger partial charge in [0.2, 0.25) is 10.0 Å². The largest absolute Gasteiger partial charge is 0.478 e. The van der Waals surface area contributed by atoms with Gasteiger partial charge < -0.3 is 5.11 Å². The summed E-state index contributed by atoms with van der Waals surface area (Å²) in [6.45, 7) is 4.55. The molecule has 0 amide bonds.